The van der Waals surface area contributed by atoms with Gasteiger partial charge in [0.05, 0.1) is 0 Å². The fourth-order valence-corrected chi connectivity index (χ4v) is 2.49. The van der Waals surface area contributed by atoms with Gasteiger partial charge in [0.1, 0.15) is 11.6 Å². The molecule has 2 rings (SSSR count). The number of hydrogen-bond donors (Lipinski definition) is 2. The molecule has 0 unspecified atom stereocenters. The quantitative estimate of drug-likeness (QED) is 0.771. The molecular formula is C14H16FN3OS. The third kappa shape index (κ3) is 5.05. The van der Waals surface area contributed by atoms with Gasteiger partial charge in [-0.1, -0.05) is 0 Å². The van der Waals surface area contributed by atoms with Crippen LogP contribution in [0.4, 0.5) is 4.39 Å². The number of imidazole rings is 1. The van der Waals surface area contributed by atoms with Crippen molar-refractivity contribution >= 4 is 17.7 Å². The van der Waals surface area contributed by atoms with Crippen LogP contribution in [0.2, 0.25) is 0 Å². The molecule has 0 bridgehead atoms. The van der Waals surface area contributed by atoms with E-state index in [-0.39, 0.29) is 11.7 Å². The minimum absolute atomic E-state index is 0.0196. The minimum Gasteiger partial charge on any atom is -0.356 e. The monoisotopic (exact) mass is 293 g/mol. The highest BCUT2D eigenvalue weighted by Crippen LogP contribution is 2.18. The first-order valence-corrected chi connectivity index (χ1v) is 7.36. The summed E-state index contributed by atoms with van der Waals surface area (Å²) in [5.41, 5.74) is 0. The second-order valence-electron chi connectivity index (χ2n) is 4.19. The molecule has 4 nitrogen and oxygen atoms in total. The van der Waals surface area contributed by atoms with Gasteiger partial charge in [-0.3, -0.25) is 4.79 Å². The lowest BCUT2D eigenvalue weighted by molar-refractivity contribution is -0.120. The second-order valence-corrected chi connectivity index (χ2v) is 5.36. The van der Waals surface area contributed by atoms with Gasteiger partial charge in [0, 0.05) is 42.4 Å². The van der Waals surface area contributed by atoms with E-state index in [0.29, 0.717) is 25.1 Å². The van der Waals surface area contributed by atoms with Crippen LogP contribution in [0, 0.1) is 5.82 Å². The van der Waals surface area contributed by atoms with Crippen LogP contribution in [0.25, 0.3) is 0 Å². The van der Waals surface area contributed by atoms with Crippen molar-refractivity contribution in [1.29, 1.82) is 0 Å². The van der Waals surface area contributed by atoms with Crippen molar-refractivity contribution in [2.75, 3.05) is 12.3 Å². The molecule has 0 atom stereocenters. The van der Waals surface area contributed by atoms with Crippen LogP contribution in [0.15, 0.2) is 41.6 Å². The molecule has 1 aromatic carbocycles. The standard InChI is InChI=1S/C14H16FN3OS/c15-11-1-3-12(4-2-11)20-10-6-14(19)18-7-5-13-16-8-9-17-13/h1-4,8-9H,5-7,10H2,(H,16,17)(H,18,19). The number of H-pyrrole nitrogens is 1. The highest BCUT2D eigenvalue weighted by molar-refractivity contribution is 7.99. The van der Waals surface area contributed by atoms with Crippen LogP contribution in [0.1, 0.15) is 12.2 Å². The fourth-order valence-electron chi connectivity index (χ4n) is 1.64. The SMILES string of the molecule is O=C(CCSc1ccc(F)cc1)NCCc1ncc[nH]1. The number of rotatable bonds is 7. The number of nitrogens with zero attached hydrogens (tertiary/aromatic N) is 1. The number of aromatic nitrogens is 2. The lowest BCUT2D eigenvalue weighted by atomic mass is 10.3. The summed E-state index contributed by atoms with van der Waals surface area (Å²) in [6.45, 7) is 0.577. The molecule has 2 aromatic rings. The van der Waals surface area contributed by atoms with Gasteiger partial charge < -0.3 is 10.3 Å². The van der Waals surface area contributed by atoms with Gasteiger partial charge in [-0.25, -0.2) is 9.37 Å². The van der Waals surface area contributed by atoms with E-state index in [1.165, 1.54) is 12.1 Å². The molecule has 0 spiro atoms. The number of halogens is 1. The van der Waals surface area contributed by atoms with Gasteiger partial charge in [0.25, 0.3) is 0 Å². The van der Waals surface area contributed by atoms with E-state index in [9.17, 15) is 9.18 Å². The van der Waals surface area contributed by atoms with Crippen molar-refractivity contribution in [2.45, 2.75) is 17.7 Å². The van der Waals surface area contributed by atoms with Crippen molar-refractivity contribution in [3.8, 4) is 0 Å². The van der Waals surface area contributed by atoms with Gasteiger partial charge in [0.15, 0.2) is 0 Å². The van der Waals surface area contributed by atoms with Gasteiger partial charge in [-0.05, 0) is 24.3 Å². The number of benzene rings is 1. The smallest absolute Gasteiger partial charge is 0.220 e. The van der Waals surface area contributed by atoms with E-state index in [1.54, 1.807) is 36.3 Å². The fraction of sp³-hybridized carbons (Fsp3) is 0.286. The van der Waals surface area contributed by atoms with Crippen molar-refractivity contribution in [1.82, 2.24) is 15.3 Å². The highest BCUT2D eigenvalue weighted by atomic mass is 32.2. The summed E-state index contributed by atoms with van der Waals surface area (Å²) in [6, 6.07) is 6.28. The molecule has 20 heavy (non-hydrogen) atoms. The van der Waals surface area contributed by atoms with Crippen LogP contribution in [0.3, 0.4) is 0 Å². The zero-order valence-corrected chi connectivity index (χ0v) is 11.8. The van der Waals surface area contributed by atoms with E-state index in [0.717, 1.165) is 10.7 Å². The Balaban J connectivity index is 1.59. The summed E-state index contributed by atoms with van der Waals surface area (Å²) >= 11 is 1.54. The Labute approximate surface area is 121 Å². The zero-order valence-electron chi connectivity index (χ0n) is 10.9. The van der Waals surface area contributed by atoms with E-state index >= 15 is 0 Å². The second kappa shape index (κ2) is 7.69. The van der Waals surface area contributed by atoms with Gasteiger partial charge in [-0.15, -0.1) is 11.8 Å². The minimum atomic E-state index is -0.245. The third-order valence-electron chi connectivity index (χ3n) is 2.65. The molecule has 0 saturated carbocycles. The van der Waals surface area contributed by atoms with Gasteiger partial charge in [0.2, 0.25) is 5.91 Å². The van der Waals surface area contributed by atoms with Gasteiger partial charge >= 0.3 is 0 Å². The number of hydrogen-bond acceptors (Lipinski definition) is 3. The molecule has 1 aromatic heterocycles. The van der Waals surface area contributed by atoms with E-state index in [1.807, 2.05) is 0 Å². The molecule has 0 fully saturated rings. The zero-order chi connectivity index (χ0) is 14.2. The first kappa shape index (κ1) is 14.6. The average molecular weight is 293 g/mol. The summed E-state index contributed by atoms with van der Waals surface area (Å²) < 4.78 is 12.7. The summed E-state index contributed by atoms with van der Waals surface area (Å²) in [4.78, 5) is 19.6. The molecular weight excluding hydrogens is 277 g/mol. The molecule has 0 aliphatic rings. The summed E-state index contributed by atoms with van der Waals surface area (Å²) in [5, 5.41) is 2.84. The Bertz CT molecular complexity index is 528. The molecule has 0 saturated heterocycles. The lowest BCUT2D eigenvalue weighted by Gasteiger charge is -2.04. The number of carbonyl (C=O) groups is 1. The molecule has 1 amide bonds. The largest absolute Gasteiger partial charge is 0.356 e. The van der Waals surface area contributed by atoms with Gasteiger partial charge in [-0.2, -0.15) is 0 Å². The van der Waals surface area contributed by atoms with Crippen LogP contribution < -0.4 is 5.32 Å². The van der Waals surface area contributed by atoms with E-state index in [4.69, 9.17) is 0 Å². The number of amides is 1. The maximum atomic E-state index is 12.7. The Morgan fingerprint density at radius 1 is 1.35 bits per heavy atom. The molecule has 2 N–H and O–H groups in total. The molecule has 0 radical (unpaired) electrons. The Morgan fingerprint density at radius 2 is 2.15 bits per heavy atom. The van der Waals surface area contributed by atoms with Crippen LogP contribution >= 0.6 is 11.8 Å². The Hall–Kier alpha value is -1.82. The number of nitrogens with one attached hydrogen (secondary N) is 2. The summed E-state index contributed by atoms with van der Waals surface area (Å²) in [6.07, 6.45) is 4.59. The number of aromatic amines is 1. The van der Waals surface area contributed by atoms with Crippen LogP contribution in [-0.2, 0) is 11.2 Å². The van der Waals surface area contributed by atoms with Crippen molar-refractivity contribution in [2.24, 2.45) is 0 Å². The highest BCUT2D eigenvalue weighted by Gasteiger charge is 2.02. The molecule has 106 valence electrons. The number of carbonyl (C=O) groups excluding carboxylic acids is 1. The first-order valence-electron chi connectivity index (χ1n) is 6.37. The predicted molar refractivity (Wildman–Crippen MR) is 77.0 cm³/mol. The lowest BCUT2D eigenvalue weighted by Crippen LogP contribution is -2.26. The van der Waals surface area contributed by atoms with Crippen molar-refractivity contribution in [3.63, 3.8) is 0 Å². The topological polar surface area (TPSA) is 57.8 Å². The van der Waals surface area contributed by atoms with Crippen LogP contribution in [-0.4, -0.2) is 28.2 Å². The normalized spacial score (nSPS) is 10.4. The predicted octanol–water partition coefficient (Wildman–Crippen LogP) is 2.39. The van der Waals surface area contributed by atoms with Crippen molar-refractivity contribution in [3.05, 3.63) is 48.3 Å². The van der Waals surface area contributed by atoms with E-state index in [2.05, 4.69) is 15.3 Å². The van der Waals surface area contributed by atoms with E-state index < -0.39 is 0 Å². The average Bonchev–Trinajstić information content (AvgIpc) is 2.94. The maximum Gasteiger partial charge on any atom is 0.220 e. The Kier molecular flexibility index (Phi) is 5.61. The molecule has 6 heteroatoms. The Morgan fingerprint density at radius 3 is 2.85 bits per heavy atom. The van der Waals surface area contributed by atoms with Crippen LogP contribution in [0.5, 0.6) is 0 Å². The first-order chi connectivity index (χ1) is 9.74. The molecule has 0 aliphatic carbocycles. The maximum absolute atomic E-state index is 12.7. The van der Waals surface area contributed by atoms with Crippen molar-refractivity contribution < 1.29 is 9.18 Å². The summed E-state index contributed by atoms with van der Waals surface area (Å²) in [5.74, 6) is 1.32. The summed E-state index contributed by atoms with van der Waals surface area (Å²) in [7, 11) is 0. The molecule has 0 aliphatic heterocycles. The number of thioether (sulfide) groups is 1. The third-order valence-corrected chi connectivity index (χ3v) is 3.66. The molecule has 1 heterocycles.